The Morgan fingerprint density at radius 2 is 2.21 bits per heavy atom. The molecule has 5 heteroatoms. The second-order valence-corrected chi connectivity index (χ2v) is 5.09. The van der Waals surface area contributed by atoms with Crippen LogP contribution in [0.15, 0.2) is 12.4 Å². The molecular formula is C14H24N4O. The van der Waals surface area contributed by atoms with E-state index in [2.05, 4.69) is 27.1 Å². The third-order valence-corrected chi connectivity index (χ3v) is 3.26. The molecule has 0 bridgehead atoms. The fourth-order valence-corrected chi connectivity index (χ4v) is 1.74. The molecule has 1 aliphatic rings. The van der Waals surface area contributed by atoms with E-state index in [1.165, 1.54) is 12.8 Å². The van der Waals surface area contributed by atoms with Gasteiger partial charge in [-0.05, 0) is 25.3 Å². The third kappa shape index (κ3) is 5.12. The summed E-state index contributed by atoms with van der Waals surface area (Å²) >= 11 is 0. The fraction of sp³-hybridized carbons (Fsp3) is 0.714. The quantitative estimate of drug-likeness (QED) is 0.684. The van der Waals surface area contributed by atoms with Gasteiger partial charge in [-0.2, -0.15) is 0 Å². The molecule has 106 valence electrons. The van der Waals surface area contributed by atoms with Crippen molar-refractivity contribution >= 4 is 5.82 Å². The van der Waals surface area contributed by atoms with Crippen LogP contribution in [0.1, 0.15) is 25.5 Å². The van der Waals surface area contributed by atoms with Gasteiger partial charge in [-0.1, -0.05) is 6.92 Å². The van der Waals surface area contributed by atoms with Gasteiger partial charge in [0, 0.05) is 26.7 Å². The zero-order valence-corrected chi connectivity index (χ0v) is 11.9. The number of anilines is 1. The van der Waals surface area contributed by atoms with Crippen molar-refractivity contribution < 1.29 is 4.74 Å². The number of ether oxygens (including phenoxy) is 1. The topological polar surface area (TPSA) is 50.3 Å². The first kappa shape index (κ1) is 14.2. The molecule has 19 heavy (non-hydrogen) atoms. The van der Waals surface area contributed by atoms with Crippen molar-refractivity contribution in [2.24, 2.45) is 5.92 Å². The molecule has 0 spiro atoms. The van der Waals surface area contributed by atoms with E-state index in [1.807, 2.05) is 19.4 Å². The molecule has 0 aliphatic heterocycles. The first-order valence-corrected chi connectivity index (χ1v) is 7.10. The van der Waals surface area contributed by atoms with Crippen molar-refractivity contribution in [3.8, 4) is 0 Å². The Hall–Kier alpha value is -1.20. The minimum atomic E-state index is 0.758. The predicted octanol–water partition coefficient (Wildman–Crippen LogP) is 1.45. The van der Waals surface area contributed by atoms with Gasteiger partial charge in [-0.15, -0.1) is 0 Å². The molecule has 1 N–H and O–H groups in total. The lowest BCUT2D eigenvalue weighted by molar-refractivity contribution is 0.131. The van der Waals surface area contributed by atoms with Gasteiger partial charge in [0.25, 0.3) is 0 Å². The van der Waals surface area contributed by atoms with Crippen molar-refractivity contribution in [3.05, 3.63) is 18.1 Å². The van der Waals surface area contributed by atoms with Crippen LogP contribution in [-0.2, 0) is 11.3 Å². The lowest BCUT2D eigenvalue weighted by atomic mass is 10.4. The van der Waals surface area contributed by atoms with Crippen LogP contribution in [0.5, 0.6) is 0 Å². The first-order valence-electron chi connectivity index (χ1n) is 7.10. The summed E-state index contributed by atoms with van der Waals surface area (Å²) < 4.78 is 5.63. The minimum Gasteiger partial charge on any atom is -0.379 e. The summed E-state index contributed by atoms with van der Waals surface area (Å²) in [6.45, 7) is 6.33. The van der Waals surface area contributed by atoms with Gasteiger partial charge >= 0.3 is 0 Å². The van der Waals surface area contributed by atoms with Crippen LogP contribution in [0.2, 0.25) is 0 Å². The molecule has 1 aromatic heterocycles. The Kier molecular flexibility index (Phi) is 5.54. The fourth-order valence-electron chi connectivity index (χ4n) is 1.74. The van der Waals surface area contributed by atoms with Crippen molar-refractivity contribution in [1.29, 1.82) is 0 Å². The van der Waals surface area contributed by atoms with Gasteiger partial charge in [0.1, 0.15) is 5.82 Å². The largest absolute Gasteiger partial charge is 0.379 e. The lowest BCUT2D eigenvalue weighted by Crippen LogP contribution is -2.24. The predicted molar refractivity (Wildman–Crippen MR) is 76.2 cm³/mol. The number of nitrogens with one attached hydrogen (secondary N) is 1. The zero-order valence-electron chi connectivity index (χ0n) is 11.9. The minimum absolute atomic E-state index is 0.758. The van der Waals surface area contributed by atoms with Crippen LogP contribution in [0.25, 0.3) is 0 Å². The highest BCUT2D eigenvalue weighted by molar-refractivity contribution is 5.34. The molecule has 1 saturated carbocycles. The van der Waals surface area contributed by atoms with Gasteiger partial charge in [0.15, 0.2) is 0 Å². The summed E-state index contributed by atoms with van der Waals surface area (Å²) in [6.07, 6.45) is 6.34. The summed E-state index contributed by atoms with van der Waals surface area (Å²) in [4.78, 5) is 10.9. The zero-order chi connectivity index (χ0) is 13.5. The Labute approximate surface area is 115 Å². The normalized spacial score (nSPS) is 14.6. The van der Waals surface area contributed by atoms with Gasteiger partial charge in [0.2, 0.25) is 0 Å². The number of nitrogens with zero attached hydrogens (tertiary/aromatic N) is 3. The number of rotatable bonds is 9. The summed E-state index contributed by atoms with van der Waals surface area (Å²) in [5.74, 6) is 1.73. The van der Waals surface area contributed by atoms with E-state index in [4.69, 9.17) is 4.74 Å². The highest BCUT2D eigenvalue weighted by atomic mass is 16.5. The molecule has 2 rings (SSSR count). The Morgan fingerprint density at radius 3 is 2.84 bits per heavy atom. The SMILES string of the molecule is CCNCc1cnc(N(C)CCOCC2CC2)cn1. The molecule has 1 fully saturated rings. The molecule has 0 aromatic carbocycles. The standard InChI is InChI=1S/C14H24N4O/c1-3-15-8-13-9-17-14(10-16-13)18(2)6-7-19-11-12-4-5-12/h9-10,12,15H,3-8,11H2,1-2H3. The van der Waals surface area contributed by atoms with E-state index < -0.39 is 0 Å². The van der Waals surface area contributed by atoms with Crippen molar-refractivity contribution in [2.75, 3.05) is 38.3 Å². The Bertz CT molecular complexity index is 364. The van der Waals surface area contributed by atoms with Crippen LogP contribution in [0.3, 0.4) is 0 Å². The maximum absolute atomic E-state index is 5.63. The van der Waals surface area contributed by atoms with E-state index in [9.17, 15) is 0 Å². The van der Waals surface area contributed by atoms with Gasteiger partial charge in [-0.3, -0.25) is 4.98 Å². The highest BCUT2D eigenvalue weighted by Gasteiger charge is 2.20. The molecule has 1 heterocycles. The van der Waals surface area contributed by atoms with E-state index in [-0.39, 0.29) is 0 Å². The molecule has 0 saturated heterocycles. The number of likely N-dealkylation sites (N-methyl/N-ethyl adjacent to an activating group) is 1. The molecule has 1 aliphatic carbocycles. The maximum Gasteiger partial charge on any atom is 0.146 e. The summed E-state index contributed by atoms with van der Waals surface area (Å²) in [5, 5.41) is 3.24. The molecule has 1 aromatic rings. The van der Waals surface area contributed by atoms with Crippen LogP contribution in [-0.4, -0.2) is 43.3 Å². The van der Waals surface area contributed by atoms with Gasteiger partial charge in [0.05, 0.1) is 24.7 Å². The van der Waals surface area contributed by atoms with E-state index in [1.54, 1.807) is 0 Å². The lowest BCUT2D eigenvalue weighted by Gasteiger charge is -2.17. The van der Waals surface area contributed by atoms with E-state index in [0.29, 0.717) is 0 Å². The third-order valence-electron chi connectivity index (χ3n) is 3.26. The average Bonchev–Trinajstić information content (AvgIpc) is 3.26. The summed E-state index contributed by atoms with van der Waals surface area (Å²) in [6, 6.07) is 0. The molecule has 0 amide bonds. The summed E-state index contributed by atoms with van der Waals surface area (Å²) in [7, 11) is 2.02. The molecule has 0 unspecified atom stereocenters. The first-order chi connectivity index (χ1) is 9.29. The summed E-state index contributed by atoms with van der Waals surface area (Å²) in [5.41, 5.74) is 0.976. The van der Waals surface area contributed by atoms with Crippen molar-refractivity contribution in [2.45, 2.75) is 26.3 Å². The van der Waals surface area contributed by atoms with Crippen LogP contribution in [0, 0.1) is 5.92 Å². The monoisotopic (exact) mass is 264 g/mol. The Balaban J connectivity index is 1.69. The van der Waals surface area contributed by atoms with Gasteiger partial charge in [-0.25, -0.2) is 4.98 Å². The number of aromatic nitrogens is 2. The second kappa shape index (κ2) is 7.40. The molecular weight excluding hydrogens is 240 g/mol. The van der Waals surface area contributed by atoms with E-state index in [0.717, 1.165) is 50.3 Å². The van der Waals surface area contributed by atoms with Gasteiger partial charge < -0.3 is 15.0 Å². The van der Waals surface area contributed by atoms with Crippen LogP contribution < -0.4 is 10.2 Å². The highest BCUT2D eigenvalue weighted by Crippen LogP contribution is 2.28. The second-order valence-electron chi connectivity index (χ2n) is 5.09. The van der Waals surface area contributed by atoms with Crippen LogP contribution in [0.4, 0.5) is 5.82 Å². The molecule has 5 nitrogen and oxygen atoms in total. The Morgan fingerprint density at radius 1 is 1.37 bits per heavy atom. The maximum atomic E-state index is 5.63. The molecule has 0 radical (unpaired) electrons. The van der Waals surface area contributed by atoms with E-state index >= 15 is 0 Å². The smallest absolute Gasteiger partial charge is 0.146 e. The number of hydrogen-bond donors (Lipinski definition) is 1. The van der Waals surface area contributed by atoms with Crippen molar-refractivity contribution in [1.82, 2.24) is 15.3 Å². The van der Waals surface area contributed by atoms with Crippen LogP contribution >= 0.6 is 0 Å². The van der Waals surface area contributed by atoms with Crippen molar-refractivity contribution in [3.63, 3.8) is 0 Å². The average molecular weight is 264 g/mol. The number of hydrogen-bond acceptors (Lipinski definition) is 5. The molecule has 0 atom stereocenters.